The van der Waals surface area contributed by atoms with Crippen molar-refractivity contribution < 1.29 is 18.3 Å². The van der Waals surface area contributed by atoms with Gasteiger partial charge in [0.15, 0.2) is 0 Å². The second-order valence-electron chi connectivity index (χ2n) is 3.49. The summed E-state index contributed by atoms with van der Waals surface area (Å²) in [6.07, 6.45) is 0. The fraction of sp³-hybridized carbons (Fsp3) is 0.364. The zero-order chi connectivity index (χ0) is 13.9. The number of rotatable bonds is 4. The number of carbonyl (C=O) groups excluding carboxylic acids is 1. The minimum atomic E-state index is -3.82. The van der Waals surface area contributed by atoms with Gasteiger partial charge in [0.1, 0.15) is 6.04 Å². The molecule has 0 heterocycles. The third-order valence-corrected chi connectivity index (χ3v) is 3.19. The van der Waals surface area contributed by atoms with E-state index in [4.69, 9.17) is 17.3 Å². The maximum atomic E-state index is 13.7. The number of hydrogen-bond acceptors (Lipinski definition) is 3. The molecule has 0 amide bonds. The van der Waals surface area contributed by atoms with Gasteiger partial charge in [0.2, 0.25) is 0 Å². The Hall–Kier alpha value is -0.430. The van der Waals surface area contributed by atoms with Gasteiger partial charge in [-0.15, -0.1) is 12.4 Å². The third kappa shape index (κ3) is 4.27. The first-order chi connectivity index (χ1) is 8.30. The lowest BCUT2D eigenvalue weighted by molar-refractivity contribution is -0.174. The van der Waals surface area contributed by atoms with Crippen LogP contribution in [-0.4, -0.2) is 18.5 Å². The van der Waals surface area contributed by atoms with Crippen molar-refractivity contribution in [2.24, 2.45) is 5.73 Å². The van der Waals surface area contributed by atoms with Crippen LogP contribution >= 0.6 is 39.9 Å². The summed E-state index contributed by atoms with van der Waals surface area (Å²) < 4.78 is 32.1. The molecule has 0 aromatic heterocycles. The van der Waals surface area contributed by atoms with E-state index < -0.39 is 17.9 Å². The van der Waals surface area contributed by atoms with E-state index in [1.54, 1.807) is 0 Å². The zero-order valence-corrected chi connectivity index (χ0v) is 13.0. The molecule has 1 atom stereocenters. The summed E-state index contributed by atoms with van der Waals surface area (Å²) in [5, 5.41) is 0.253. The number of halogens is 5. The summed E-state index contributed by atoms with van der Waals surface area (Å²) in [6, 6.07) is 2.46. The second kappa shape index (κ2) is 7.38. The lowest BCUT2D eigenvalue weighted by Gasteiger charge is -2.22. The summed E-state index contributed by atoms with van der Waals surface area (Å²) in [7, 11) is 0. The molecular weight excluding hydrogens is 367 g/mol. The minimum Gasteiger partial charge on any atom is -0.462 e. The first-order valence-corrected chi connectivity index (χ1v) is 6.23. The number of nitrogens with two attached hydrogens (primary N) is 1. The average molecular weight is 379 g/mol. The highest BCUT2D eigenvalue weighted by molar-refractivity contribution is 9.10. The molecule has 1 rings (SSSR count). The van der Waals surface area contributed by atoms with Gasteiger partial charge >= 0.3 is 11.9 Å². The maximum absolute atomic E-state index is 13.7. The van der Waals surface area contributed by atoms with Gasteiger partial charge in [-0.3, -0.25) is 0 Å². The quantitative estimate of drug-likeness (QED) is 0.812. The highest BCUT2D eigenvalue weighted by atomic mass is 79.9. The highest BCUT2D eigenvalue weighted by Crippen LogP contribution is 2.35. The highest BCUT2D eigenvalue weighted by Gasteiger charge is 2.48. The van der Waals surface area contributed by atoms with Crippen LogP contribution in [0.25, 0.3) is 0 Å². The molecule has 0 aliphatic carbocycles. The van der Waals surface area contributed by atoms with E-state index in [-0.39, 0.29) is 29.6 Å². The Morgan fingerprint density at radius 2 is 2.16 bits per heavy atom. The number of carbonyl (C=O) groups is 1. The van der Waals surface area contributed by atoms with Crippen molar-refractivity contribution in [3.05, 3.63) is 33.3 Å². The minimum absolute atomic E-state index is 0. The van der Waals surface area contributed by atoms with E-state index in [0.717, 1.165) is 0 Å². The molecule has 8 heteroatoms. The predicted molar refractivity (Wildman–Crippen MR) is 74.9 cm³/mol. The molecule has 0 saturated heterocycles. The Bertz CT molecular complexity index is 460. The van der Waals surface area contributed by atoms with Gasteiger partial charge in [0, 0.05) is 9.50 Å². The second-order valence-corrected chi connectivity index (χ2v) is 4.78. The molecule has 1 aromatic carbocycles. The summed E-state index contributed by atoms with van der Waals surface area (Å²) in [6.45, 7) is 1.30. The predicted octanol–water partition coefficient (Wildman–Crippen LogP) is 3.72. The topological polar surface area (TPSA) is 52.3 Å². The summed E-state index contributed by atoms with van der Waals surface area (Å²) in [5.74, 6) is -5.46. The molecule has 0 aliphatic rings. The summed E-state index contributed by atoms with van der Waals surface area (Å²) in [5.41, 5.74) is 5.48. The van der Waals surface area contributed by atoms with Gasteiger partial charge in [-0.1, -0.05) is 27.5 Å². The number of alkyl halides is 2. The number of hydrogen-bond donors (Lipinski definition) is 1. The molecule has 0 fully saturated rings. The van der Waals surface area contributed by atoms with Gasteiger partial charge in [0.05, 0.1) is 6.61 Å². The maximum Gasteiger partial charge on any atom is 0.379 e. The number of esters is 1. The van der Waals surface area contributed by atoms with Gasteiger partial charge in [-0.05, 0) is 30.7 Å². The SMILES string of the molecule is CCOC(=O)C(F)(F)[C@H](N)c1cc(Cl)ccc1Br.Cl. The molecule has 1 aromatic rings. The number of ether oxygens (including phenoxy) is 1. The first kappa shape index (κ1) is 18.6. The Kier molecular flexibility index (Phi) is 7.21. The van der Waals surface area contributed by atoms with Crippen LogP contribution in [0, 0.1) is 0 Å². The number of benzene rings is 1. The van der Waals surface area contributed by atoms with Gasteiger partial charge in [0.25, 0.3) is 0 Å². The Morgan fingerprint density at radius 1 is 1.58 bits per heavy atom. The Morgan fingerprint density at radius 3 is 2.68 bits per heavy atom. The van der Waals surface area contributed by atoms with E-state index in [1.165, 1.54) is 25.1 Å². The van der Waals surface area contributed by atoms with Gasteiger partial charge in [-0.2, -0.15) is 8.78 Å². The van der Waals surface area contributed by atoms with E-state index in [1.807, 2.05) is 0 Å². The monoisotopic (exact) mass is 377 g/mol. The van der Waals surface area contributed by atoms with Crippen molar-refractivity contribution in [2.75, 3.05) is 6.61 Å². The summed E-state index contributed by atoms with van der Waals surface area (Å²) in [4.78, 5) is 11.2. The van der Waals surface area contributed by atoms with Crippen molar-refractivity contribution in [2.45, 2.75) is 18.9 Å². The fourth-order valence-electron chi connectivity index (χ4n) is 1.30. The molecule has 0 unspecified atom stereocenters. The van der Waals surface area contributed by atoms with E-state index >= 15 is 0 Å². The molecule has 3 nitrogen and oxygen atoms in total. The van der Waals surface area contributed by atoms with Crippen molar-refractivity contribution >= 4 is 45.9 Å². The smallest absolute Gasteiger partial charge is 0.379 e. The van der Waals surface area contributed by atoms with Crippen molar-refractivity contribution in [3.8, 4) is 0 Å². The fourth-order valence-corrected chi connectivity index (χ4v) is 1.98. The van der Waals surface area contributed by atoms with Crippen LogP contribution in [0.15, 0.2) is 22.7 Å². The molecule has 2 N–H and O–H groups in total. The lowest BCUT2D eigenvalue weighted by Crippen LogP contribution is -2.41. The van der Waals surface area contributed by atoms with Crippen molar-refractivity contribution in [3.63, 3.8) is 0 Å². The molecule has 0 aliphatic heterocycles. The Labute approximate surface area is 129 Å². The van der Waals surface area contributed by atoms with E-state index in [0.29, 0.717) is 4.47 Å². The first-order valence-electron chi connectivity index (χ1n) is 5.06. The van der Waals surface area contributed by atoms with E-state index in [2.05, 4.69) is 20.7 Å². The molecule has 19 heavy (non-hydrogen) atoms. The van der Waals surface area contributed by atoms with Crippen LogP contribution in [0.3, 0.4) is 0 Å². The van der Waals surface area contributed by atoms with Gasteiger partial charge < -0.3 is 10.5 Å². The molecule has 0 bridgehead atoms. The average Bonchev–Trinajstić information content (AvgIpc) is 2.31. The molecule has 0 radical (unpaired) electrons. The largest absolute Gasteiger partial charge is 0.462 e. The van der Waals surface area contributed by atoms with Crippen LogP contribution in [0.1, 0.15) is 18.5 Å². The van der Waals surface area contributed by atoms with Crippen LogP contribution in [0.4, 0.5) is 8.78 Å². The Balaban J connectivity index is 0.00000324. The van der Waals surface area contributed by atoms with E-state index in [9.17, 15) is 13.6 Å². The molecule has 108 valence electrons. The van der Waals surface area contributed by atoms with Crippen molar-refractivity contribution in [1.29, 1.82) is 0 Å². The third-order valence-electron chi connectivity index (χ3n) is 2.23. The van der Waals surface area contributed by atoms with Crippen LogP contribution in [-0.2, 0) is 9.53 Å². The van der Waals surface area contributed by atoms with Crippen LogP contribution in [0.2, 0.25) is 5.02 Å². The molecular formula is C11H12BrCl2F2NO2. The van der Waals surface area contributed by atoms with Crippen LogP contribution < -0.4 is 5.73 Å². The van der Waals surface area contributed by atoms with Crippen LogP contribution in [0.5, 0.6) is 0 Å². The van der Waals surface area contributed by atoms with Gasteiger partial charge in [-0.25, -0.2) is 4.79 Å². The molecule has 0 spiro atoms. The molecule has 0 saturated carbocycles. The standard InChI is InChI=1S/C11H11BrClF2NO2.ClH/c1-2-18-10(17)11(14,15)9(16)7-5-6(13)3-4-8(7)12;/h3-5,9H,2,16H2,1H3;1H/t9-;/m1./s1. The summed E-state index contributed by atoms with van der Waals surface area (Å²) >= 11 is 8.80. The zero-order valence-electron chi connectivity index (χ0n) is 9.83. The normalized spacial score (nSPS) is 12.5. The lowest BCUT2D eigenvalue weighted by atomic mass is 10.0. The van der Waals surface area contributed by atoms with Crippen molar-refractivity contribution in [1.82, 2.24) is 0 Å².